The van der Waals surface area contributed by atoms with Gasteiger partial charge in [0.05, 0.1) is 5.69 Å². The van der Waals surface area contributed by atoms with Crippen LogP contribution in [0.3, 0.4) is 0 Å². The Kier molecular flexibility index (Phi) is 2.04. The Morgan fingerprint density at radius 3 is 2.71 bits per heavy atom. The number of nitrogens with zero attached hydrogens (tertiary/aromatic N) is 4. The summed E-state index contributed by atoms with van der Waals surface area (Å²) in [7, 11) is 2.02. The van der Waals surface area contributed by atoms with Crippen LogP contribution in [0.5, 0.6) is 0 Å². The first-order chi connectivity index (χ1) is 8.15. The van der Waals surface area contributed by atoms with Gasteiger partial charge in [0.25, 0.3) is 0 Å². The fraction of sp³-hybridized carbons (Fsp3) is 0.231. The first kappa shape index (κ1) is 10.1. The van der Waals surface area contributed by atoms with Crippen molar-refractivity contribution in [1.29, 1.82) is 0 Å². The average molecular weight is 226 g/mol. The van der Waals surface area contributed by atoms with Crippen LogP contribution in [0.25, 0.3) is 17.0 Å². The zero-order chi connectivity index (χ0) is 12.0. The molecule has 3 aromatic heterocycles. The molecule has 3 heterocycles. The van der Waals surface area contributed by atoms with Crippen LogP contribution in [-0.2, 0) is 7.05 Å². The Balaban J connectivity index is 2.27. The Morgan fingerprint density at radius 2 is 2.00 bits per heavy atom. The molecule has 0 saturated heterocycles. The molecule has 0 radical (unpaired) electrons. The summed E-state index contributed by atoms with van der Waals surface area (Å²) in [6.07, 6.45) is 2.02. The Labute approximate surface area is 99.5 Å². The zero-order valence-electron chi connectivity index (χ0n) is 10.2. The molecule has 0 fully saturated rings. The van der Waals surface area contributed by atoms with Gasteiger partial charge >= 0.3 is 0 Å². The molecule has 0 aromatic carbocycles. The number of hydrogen-bond acceptors (Lipinski definition) is 2. The lowest BCUT2D eigenvalue weighted by Crippen LogP contribution is -1.97. The van der Waals surface area contributed by atoms with Crippen molar-refractivity contribution in [2.75, 3.05) is 0 Å². The van der Waals surface area contributed by atoms with Gasteiger partial charge in [-0.3, -0.25) is 0 Å². The van der Waals surface area contributed by atoms with Crippen LogP contribution in [0.15, 0.2) is 30.5 Å². The topological polar surface area (TPSA) is 35.1 Å². The van der Waals surface area contributed by atoms with E-state index in [1.807, 2.05) is 49.8 Å². The highest BCUT2D eigenvalue weighted by Crippen LogP contribution is 2.19. The minimum Gasteiger partial charge on any atom is -0.349 e. The van der Waals surface area contributed by atoms with E-state index in [-0.39, 0.29) is 0 Å². The number of hydrogen-bond donors (Lipinski definition) is 0. The number of rotatable bonds is 1. The monoisotopic (exact) mass is 226 g/mol. The fourth-order valence-corrected chi connectivity index (χ4v) is 2.14. The van der Waals surface area contributed by atoms with Crippen LogP contribution in [0, 0.1) is 13.8 Å². The third kappa shape index (κ3) is 1.53. The predicted molar refractivity (Wildman–Crippen MR) is 66.9 cm³/mol. The normalized spacial score (nSPS) is 11.2. The van der Waals surface area contributed by atoms with Crippen molar-refractivity contribution in [3.05, 3.63) is 41.9 Å². The van der Waals surface area contributed by atoms with Gasteiger partial charge in [-0.25, -0.2) is 9.50 Å². The zero-order valence-corrected chi connectivity index (χ0v) is 10.2. The molecule has 0 aliphatic carbocycles. The van der Waals surface area contributed by atoms with Gasteiger partial charge in [-0.2, -0.15) is 5.10 Å². The van der Waals surface area contributed by atoms with Gasteiger partial charge in [0, 0.05) is 30.7 Å². The Bertz CT molecular complexity index is 691. The molecule has 3 aromatic rings. The highest BCUT2D eigenvalue weighted by Gasteiger charge is 2.09. The quantitative estimate of drug-likeness (QED) is 0.638. The summed E-state index contributed by atoms with van der Waals surface area (Å²) in [5, 5.41) is 4.59. The van der Waals surface area contributed by atoms with Crippen molar-refractivity contribution in [3.8, 4) is 11.4 Å². The van der Waals surface area contributed by atoms with Crippen molar-refractivity contribution in [2.45, 2.75) is 13.8 Å². The number of aromatic nitrogens is 4. The van der Waals surface area contributed by atoms with Gasteiger partial charge in [-0.15, -0.1) is 0 Å². The van der Waals surface area contributed by atoms with Gasteiger partial charge in [-0.05, 0) is 32.0 Å². The number of aryl methyl sites for hydroxylation is 3. The molecule has 0 bridgehead atoms. The van der Waals surface area contributed by atoms with Crippen molar-refractivity contribution < 1.29 is 0 Å². The van der Waals surface area contributed by atoms with E-state index in [0.717, 1.165) is 28.4 Å². The summed E-state index contributed by atoms with van der Waals surface area (Å²) in [4.78, 5) is 4.49. The van der Waals surface area contributed by atoms with Crippen LogP contribution in [0.1, 0.15) is 11.4 Å². The fourth-order valence-electron chi connectivity index (χ4n) is 2.14. The first-order valence-electron chi connectivity index (χ1n) is 5.61. The van der Waals surface area contributed by atoms with Crippen LogP contribution in [0.2, 0.25) is 0 Å². The molecule has 3 rings (SSSR count). The second-order valence-electron chi connectivity index (χ2n) is 4.34. The molecule has 0 spiro atoms. The lowest BCUT2D eigenvalue weighted by atomic mass is 10.3. The lowest BCUT2D eigenvalue weighted by molar-refractivity contribution is 0.874. The molecule has 4 nitrogen and oxygen atoms in total. The van der Waals surface area contributed by atoms with Crippen molar-refractivity contribution in [2.24, 2.45) is 7.05 Å². The molecular weight excluding hydrogens is 212 g/mol. The smallest absolute Gasteiger partial charge is 0.156 e. The van der Waals surface area contributed by atoms with Crippen LogP contribution in [0.4, 0.5) is 0 Å². The van der Waals surface area contributed by atoms with Crippen molar-refractivity contribution >= 4 is 5.65 Å². The standard InChI is InChI=1S/C13H14N4/c1-9-7-10(2)17-13(14-9)8-11(15-17)12-5-4-6-16(12)3/h4-8H,1-3H3. The maximum atomic E-state index is 4.59. The van der Waals surface area contributed by atoms with E-state index in [1.165, 1.54) is 0 Å². The largest absolute Gasteiger partial charge is 0.349 e. The van der Waals surface area contributed by atoms with Crippen molar-refractivity contribution in [1.82, 2.24) is 19.2 Å². The summed E-state index contributed by atoms with van der Waals surface area (Å²) < 4.78 is 3.94. The van der Waals surface area contributed by atoms with E-state index in [0.29, 0.717) is 0 Å². The molecular formula is C13H14N4. The molecule has 0 saturated carbocycles. The van der Waals surface area contributed by atoms with Crippen molar-refractivity contribution in [3.63, 3.8) is 0 Å². The van der Waals surface area contributed by atoms with E-state index in [1.54, 1.807) is 0 Å². The Morgan fingerprint density at radius 1 is 1.18 bits per heavy atom. The minimum absolute atomic E-state index is 0.902. The third-order valence-corrected chi connectivity index (χ3v) is 2.94. The van der Waals surface area contributed by atoms with Crippen LogP contribution >= 0.6 is 0 Å². The SMILES string of the molecule is Cc1cc(C)n2nc(-c3cccn3C)cc2n1. The first-order valence-corrected chi connectivity index (χ1v) is 5.61. The van der Waals surface area contributed by atoms with Gasteiger partial charge in [-0.1, -0.05) is 0 Å². The van der Waals surface area contributed by atoms with E-state index < -0.39 is 0 Å². The maximum Gasteiger partial charge on any atom is 0.156 e. The summed E-state index contributed by atoms with van der Waals surface area (Å²) in [6, 6.07) is 8.14. The highest BCUT2D eigenvalue weighted by molar-refractivity contribution is 5.61. The molecule has 0 amide bonds. The molecule has 0 aliphatic rings. The minimum atomic E-state index is 0.902. The summed E-state index contributed by atoms with van der Waals surface area (Å²) in [5.74, 6) is 0. The average Bonchev–Trinajstić information content (AvgIpc) is 2.83. The second-order valence-corrected chi connectivity index (χ2v) is 4.34. The van der Waals surface area contributed by atoms with Gasteiger partial charge in [0.2, 0.25) is 0 Å². The molecule has 0 atom stereocenters. The third-order valence-electron chi connectivity index (χ3n) is 2.94. The summed E-state index contributed by atoms with van der Waals surface area (Å²) in [5.41, 5.74) is 5.09. The maximum absolute atomic E-state index is 4.59. The predicted octanol–water partition coefficient (Wildman–Crippen LogP) is 2.35. The molecule has 0 N–H and O–H groups in total. The summed E-state index contributed by atoms with van der Waals surface area (Å²) >= 11 is 0. The molecule has 0 unspecified atom stereocenters. The summed E-state index contributed by atoms with van der Waals surface area (Å²) in [6.45, 7) is 4.05. The highest BCUT2D eigenvalue weighted by atomic mass is 15.3. The molecule has 4 heteroatoms. The molecule has 0 aliphatic heterocycles. The van der Waals surface area contributed by atoms with E-state index in [2.05, 4.69) is 20.7 Å². The number of fused-ring (bicyclic) bond motifs is 1. The van der Waals surface area contributed by atoms with Gasteiger partial charge < -0.3 is 4.57 Å². The lowest BCUT2D eigenvalue weighted by Gasteiger charge is -1.99. The molecule has 17 heavy (non-hydrogen) atoms. The molecule has 86 valence electrons. The van der Waals surface area contributed by atoms with E-state index in [9.17, 15) is 0 Å². The van der Waals surface area contributed by atoms with Crippen LogP contribution < -0.4 is 0 Å². The second kappa shape index (κ2) is 3.45. The Hall–Kier alpha value is -2.10. The van der Waals surface area contributed by atoms with Gasteiger partial charge in [0.1, 0.15) is 5.69 Å². The van der Waals surface area contributed by atoms with E-state index in [4.69, 9.17) is 0 Å². The van der Waals surface area contributed by atoms with E-state index >= 15 is 0 Å². The van der Waals surface area contributed by atoms with Gasteiger partial charge in [0.15, 0.2) is 5.65 Å². The van der Waals surface area contributed by atoms with Crippen LogP contribution in [-0.4, -0.2) is 19.2 Å².